The Labute approximate surface area is 123 Å². The van der Waals surface area contributed by atoms with E-state index in [9.17, 15) is 5.11 Å². The molecule has 0 aliphatic heterocycles. The van der Waals surface area contributed by atoms with Crippen molar-refractivity contribution in [3.63, 3.8) is 0 Å². The molecule has 0 aromatic heterocycles. The number of hydrogen-bond donors (Lipinski definition) is 2. The van der Waals surface area contributed by atoms with E-state index < -0.39 is 5.60 Å². The molecule has 2 heteroatoms. The predicted molar refractivity (Wildman–Crippen MR) is 86.8 cm³/mol. The Morgan fingerprint density at radius 3 is 2.40 bits per heavy atom. The third-order valence-corrected chi connectivity index (χ3v) is 3.90. The lowest BCUT2D eigenvalue weighted by atomic mass is 9.88. The minimum atomic E-state index is -0.818. The van der Waals surface area contributed by atoms with Crippen LogP contribution in [0, 0.1) is 13.8 Å². The molecule has 0 amide bonds. The maximum absolute atomic E-state index is 10.7. The van der Waals surface area contributed by atoms with Crippen molar-refractivity contribution in [1.29, 1.82) is 0 Å². The van der Waals surface area contributed by atoms with Gasteiger partial charge in [0.1, 0.15) is 0 Å². The van der Waals surface area contributed by atoms with Crippen LogP contribution in [0.2, 0.25) is 0 Å². The minimum Gasteiger partial charge on any atom is -0.388 e. The van der Waals surface area contributed by atoms with E-state index in [4.69, 9.17) is 0 Å². The molecule has 2 nitrogen and oxygen atoms in total. The molecule has 20 heavy (non-hydrogen) atoms. The Bertz CT molecular complexity index is 454. The molecule has 110 valence electrons. The summed E-state index contributed by atoms with van der Waals surface area (Å²) < 4.78 is 0. The number of aryl methyl sites for hydroxylation is 2. The molecule has 0 spiro atoms. The summed E-state index contributed by atoms with van der Waals surface area (Å²) in [6.07, 6.45) is 4.64. The number of hydrogen-bond acceptors (Lipinski definition) is 2. The van der Waals surface area contributed by atoms with Gasteiger partial charge >= 0.3 is 0 Å². The smallest absolute Gasteiger partial charge is 0.0865 e. The fourth-order valence-electron chi connectivity index (χ4n) is 2.38. The molecule has 1 aromatic carbocycles. The van der Waals surface area contributed by atoms with Gasteiger partial charge in [0.15, 0.2) is 0 Å². The molecular weight excluding hydrogens is 246 g/mol. The van der Waals surface area contributed by atoms with E-state index in [0.29, 0.717) is 12.8 Å². The fraction of sp³-hybridized carbons (Fsp3) is 0.444. The van der Waals surface area contributed by atoms with Crippen LogP contribution in [0.1, 0.15) is 36.5 Å². The van der Waals surface area contributed by atoms with Crippen molar-refractivity contribution >= 4 is 0 Å². The second-order valence-electron chi connectivity index (χ2n) is 5.62. The Morgan fingerprint density at radius 2 is 1.85 bits per heavy atom. The van der Waals surface area contributed by atoms with Crippen molar-refractivity contribution in [2.75, 3.05) is 0 Å². The van der Waals surface area contributed by atoms with Crippen LogP contribution in [0.3, 0.4) is 0 Å². The number of aliphatic hydroxyl groups is 1. The highest BCUT2D eigenvalue weighted by atomic mass is 16.3. The Balaban J connectivity index is 2.73. The largest absolute Gasteiger partial charge is 0.388 e. The number of rotatable bonds is 8. The first-order valence-corrected chi connectivity index (χ1v) is 7.16. The van der Waals surface area contributed by atoms with Gasteiger partial charge in [-0.2, -0.15) is 0 Å². The molecular formula is C18H27NO. The average molecular weight is 273 g/mol. The minimum absolute atomic E-state index is 0.0292. The van der Waals surface area contributed by atoms with Crippen molar-refractivity contribution in [3.05, 3.63) is 60.2 Å². The first kappa shape index (κ1) is 16.7. The second-order valence-corrected chi connectivity index (χ2v) is 5.62. The van der Waals surface area contributed by atoms with E-state index in [1.165, 1.54) is 16.7 Å². The summed E-state index contributed by atoms with van der Waals surface area (Å²) in [6.45, 7) is 14.4. The van der Waals surface area contributed by atoms with Crippen molar-refractivity contribution in [2.24, 2.45) is 0 Å². The molecule has 0 heterocycles. The van der Waals surface area contributed by atoms with E-state index in [2.05, 4.69) is 50.5 Å². The van der Waals surface area contributed by atoms with Crippen LogP contribution in [0.25, 0.3) is 0 Å². The maximum atomic E-state index is 10.7. The van der Waals surface area contributed by atoms with Crippen LogP contribution in [0.4, 0.5) is 0 Å². The van der Waals surface area contributed by atoms with Crippen LogP contribution >= 0.6 is 0 Å². The highest BCUT2D eigenvalue weighted by Gasteiger charge is 2.30. The summed E-state index contributed by atoms with van der Waals surface area (Å²) in [5.41, 5.74) is 2.98. The van der Waals surface area contributed by atoms with Crippen LogP contribution < -0.4 is 5.32 Å². The van der Waals surface area contributed by atoms with Gasteiger partial charge in [-0.3, -0.25) is 0 Å². The molecule has 0 bridgehead atoms. The summed E-state index contributed by atoms with van der Waals surface area (Å²) in [6, 6.07) is 6.42. The summed E-state index contributed by atoms with van der Waals surface area (Å²) >= 11 is 0. The summed E-state index contributed by atoms with van der Waals surface area (Å²) in [5, 5.41) is 14.1. The van der Waals surface area contributed by atoms with Gasteiger partial charge in [-0.15, -0.1) is 13.2 Å². The molecule has 0 saturated heterocycles. The molecule has 0 aliphatic carbocycles. The molecule has 1 atom stereocenters. The molecule has 0 saturated carbocycles. The van der Waals surface area contributed by atoms with Gasteiger partial charge in [-0.05, 0) is 44.7 Å². The molecule has 1 rings (SSSR count). The first-order chi connectivity index (χ1) is 9.42. The van der Waals surface area contributed by atoms with Gasteiger partial charge < -0.3 is 10.4 Å². The Hall–Kier alpha value is -1.38. The lowest BCUT2D eigenvalue weighted by Gasteiger charge is -2.33. The van der Waals surface area contributed by atoms with E-state index in [0.717, 1.165) is 6.54 Å². The van der Waals surface area contributed by atoms with Gasteiger partial charge in [0.05, 0.1) is 5.60 Å². The molecule has 2 N–H and O–H groups in total. The van der Waals surface area contributed by atoms with Gasteiger partial charge in [0, 0.05) is 12.6 Å². The summed E-state index contributed by atoms with van der Waals surface area (Å²) in [5.74, 6) is 0. The van der Waals surface area contributed by atoms with Crippen LogP contribution in [0.5, 0.6) is 0 Å². The topological polar surface area (TPSA) is 32.3 Å². The average Bonchev–Trinajstić information content (AvgIpc) is 2.40. The summed E-state index contributed by atoms with van der Waals surface area (Å²) in [7, 11) is 0. The second kappa shape index (κ2) is 7.41. The normalized spacial score (nSPS) is 13.0. The summed E-state index contributed by atoms with van der Waals surface area (Å²) in [4.78, 5) is 0. The zero-order valence-electron chi connectivity index (χ0n) is 12.9. The molecule has 0 aliphatic rings. The zero-order chi connectivity index (χ0) is 15.2. The van der Waals surface area contributed by atoms with Gasteiger partial charge in [-0.1, -0.05) is 35.9 Å². The quantitative estimate of drug-likeness (QED) is 0.708. The fourth-order valence-corrected chi connectivity index (χ4v) is 2.38. The molecule has 1 aromatic rings. The highest BCUT2D eigenvalue weighted by molar-refractivity contribution is 5.30. The monoisotopic (exact) mass is 273 g/mol. The van der Waals surface area contributed by atoms with Crippen molar-refractivity contribution in [3.8, 4) is 0 Å². The van der Waals surface area contributed by atoms with Crippen LogP contribution in [0.15, 0.2) is 43.5 Å². The van der Waals surface area contributed by atoms with Crippen LogP contribution in [-0.4, -0.2) is 16.7 Å². The first-order valence-electron chi connectivity index (χ1n) is 7.16. The highest BCUT2D eigenvalue weighted by Crippen LogP contribution is 2.22. The van der Waals surface area contributed by atoms with E-state index in [1.807, 2.05) is 6.92 Å². The lowest BCUT2D eigenvalue weighted by Crippen LogP contribution is -2.48. The maximum Gasteiger partial charge on any atom is 0.0865 e. The van der Waals surface area contributed by atoms with Crippen molar-refractivity contribution < 1.29 is 5.11 Å². The van der Waals surface area contributed by atoms with Gasteiger partial charge in [-0.25, -0.2) is 0 Å². The third kappa shape index (κ3) is 4.32. The third-order valence-electron chi connectivity index (χ3n) is 3.90. The van der Waals surface area contributed by atoms with Gasteiger partial charge in [0.25, 0.3) is 0 Å². The molecule has 0 fully saturated rings. The molecule has 1 unspecified atom stereocenters. The zero-order valence-corrected chi connectivity index (χ0v) is 12.9. The van der Waals surface area contributed by atoms with E-state index in [-0.39, 0.29) is 6.04 Å². The lowest BCUT2D eigenvalue weighted by molar-refractivity contribution is 0.0122. The van der Waals surface area contributed by atoms with Crippen molar-refractivity contribution in [2.45, 2.75) is 51.8 Å². The Kier molecular flexibility index (Phi) is 6.18. The SMILES string of the molecule is C=CCC(O)(CC=C)C(C)NCc1cc(C)ccc1C. The number of benzene rings is 1. The predicted octanol–water partition coefficient (Wildman–Crippen LogP) is 3.66. The van der Waals surface area contributed by atoms with Gasteiger partial charge in [0.2, 0.25) is 0 Å². The molecule has 0 radical (unpaired) electrons. The van der Waals surface area contributed by atoms with E-state index >= 15 is 0 Å². The van der Waals surface area contributed by atoms with E-state index in [1.54, 1.807) is 12.2 Å². The van der Waals surface area contributed by atoms with Crippen LogP contribution in [-0.2, 0) is 6.54 Å². The Morgan fingerprint density at radius 1 is 1.25 bits per heavy atom. The van der Waals surface area contributed by atoms with Crippen molar-refractivity contribution in [1.82, 2.24) is 5.32 Å². The standard InChI is InChI=1S/C18H27NO/c1-6-10-18(20,11-7-2)16(5)19-13-17-12-14(3)8-9-15(17)4/h6-9,12,16,19-20H,1-2,10-11,13H2,3-5H3. The number of nitrogens with one attached hydrogen (secondary N) is 1.